The monoisotopic (exact) mass is 210 g/mol. The van der Waals surface area contributed by atoms with E-state index in [2.05, 4.69) is 5.32 Å². The summed E-state index contributed by atoms with van der Waals surface area (Å²) in [5, 5.41) is 4.07. The lowest BCUT2D eigenvalue weighted by Gasteiger charge is -2.26. The summed E-state index contributed by atoms with van der Waals surface area (Å²) in [4.78, 5) is 0. The first-order valence-corrected chi connectivity index (χ1v) is 5.42. The third-order valence-corrected chi connectivity index (χ3v) is 3.11. The van der Waals surface area contributed by atoms with E-state index in [1.165, 1.54) is 19.3 Å². The Kier molecular flexibility index (Phi) is 2.82. The molecule has 0 saturated heterocycles. The van der Waals surface area contributed by atoms with E-state index < -0.39 is 0 Å². The van der Waals surface area contributed by atoms with Crippen LogP contribution in [0.15, 0.2) is 18.2 Å². The molecule has 0 heterocycles. The van der Waals surface area contributed by atoms with E-state index in [4.69, 9.17) is 17.3 Å². The highest BCUT2D eigenvalue weighted by Gasteiger charge is 2.16. The van der Waals surface area contributed by atoms with Gasteiger partial charge in [-0.05, 0) is 37.0 Å². The average Bonchev–Trinajstić information content (AvgIpc) is 2.05. The van der Waals surface area contributed by atoms with Crippen LogP contribution in [0.4, 0.5) is 11.4 Å². The largest absolute Gasteiger partial charge is 0.399 e. The van der Waals surface area contributed by atoms with Gasteiger partial charge in [0.2, 0.25) is 0 Å². The van der Waals surface area contributed by atoms with Crippen LogP contribution < -0.4 is 11.1 Å². The number of benzene rings is 1. The van der Waals surface area contributed by atoms with Crippen molar-refractivity contribution in [3.8, 4) is 0 Å². The maximum atomic E-state index is 6.03. The Labute approximate surface area is 89.4 Å². The van der Waals surface area contributed by atoms with Gasteiger partial charge in [0.05, 0.1) is 10.7 Å². The summed E-state index contributed by atoms with van der Waals surface area (Å²) < 4.78 is 0. The van der Waals surface area contributed by atoms with Crippen molar-refractivity contribution in [2.75, 3.05) is 17.6 Å². The van der Waals surface area contributed by atoms with Crippen LogP contribution in [0, 0.1) is 5.92 Å². The second kappa shape index (κ2) is 4.09. The predicted molar refractivity (Wildman–Crippen MR) is 61.7 cm³/mol. The summed E-state index contributed by atoms with van der Waals surface area (Å²) in [5.74, 6) is 0.837. The lowest BCUT2D eigenvalue weighted by molar-refractivity contribution is 0.333. The number of halogens is 1. The highest BCUT2D eigenvalue weighted by Crippen LogP contribution is 2.29. The first-order chi connectivity index (χ1) is 6.75. The first-order valence-electron chi connectivity index (χ1n) is 5.04. The van der Waals surface area contributed by atoms with Crippen molar-refractivity contribution < 1.29 is 0 Å². The third-order valence-electron chi connectivity index (χ3n) is 2.80. The Hall–Kier alpha value is -0.890. The number of hydrogen-bond acceptors (Lipinski definition) is 2. The zero-order valence-electron chi connectivity index (χ0n) is 8.09. The minimum Gasteiger partial charge on any atom is -0.399 e. The molecule has 1 saturated carbocycles. The molecule has 76 valence electrons. The number of nitrogens with one attached hydrogen (secondary N) is 1. The molecule has 2 nitrogen and oxygen atoms in total. The highest BCUT2D eigenvalue weighted by atomic mass is 35.5. The van der Waals surface area contributed by atoms with Gasteiger partial charge in [0.25, 0.3) is 0 Å². The molecule has 0 amide bonds. The molecule has 0 spiro atoms. The summed E-state index contributed by atoms with van der Waals surface area (Å²) in [6.45, 7) is 1.03. The summed E-state index contributed by atoms with van der Waals surface area (Å²) in [5.41, 5.74) is 7.31. The molecule has 3 heteroatoms. The van der Waals surface area contributed by atoms with Crippen molar-refractivity contribution in [3.63, 3.8) is 0 Å². The van der Waals surface area contributed by atoms with Gasteiger partial charge in [-0.25, -0.2) is 0 Å². The van der Waals surface area contributed by atoms with Crippen LogP contribution in [0.2, 0.25) is 5.02 Å². The molecule has 1 aliphatic rings. The van der Waals surface area contributed by atoms with Crippen molar-refractivity contribution in [1.82, 2.24) is 0 Å². The lowest BCUT2D eigenvalue weighted by Crippen LogP contribution is -2.20. The van der Waals surface area contributed by atoms with Crippen LogP contribution in [0.1, 0.15) is 19.3 Å². The Bertz CT molecular complexity index is 321. The molecule has 14 heavy (non-hydrogen) atoms. The summed E-state index contributed by atoms with van der Waals surface area (Å²) in [7, 11) is 0. The van der Waals surface area contributed by atoms with Gasteiger partial charge in [0.15, 0.2) is 0 Å². The van der Waals surface area contributed by atoms with Crippen LogP contribution in [0.25, 0.3) is 0 Å². The van der Waals surface area contributed by atoms with E-state index in [0.717, 1.165) is 18.2 Å². The average molecular weight is 211 g/mol. The molecule has 1 aromatic carbocycles. The molecular weight excluding hydrogens is 196 g/mol. The molecular formula is C11H15ClN2. The number of hydrogen-bond donors (Lipinski definition) is 2. The molecule has 1 fully saturated rings. The van der Waals surface area contributed by atoms with Crippen molar-refractivity contribution in [1.29, 1.82) is 0 Å². The van der Waals surface area contributed by atoms with E-state index in [1.807, 2.05) is 12.1 Å². The first kappa shape index (κ1) is 9.66. The predicted octanol–water partition coefficient (Wildman–Crippen LogP) is 3.13. The van der Waals surface area contributed by atoms with Gasteiger partial charge >= 0.3 is 0 Å². The molecule has 2 rings (SSSR count). The van der Waals surface area contributed by atoms with Gasteiger partial charge in [0.1, 0.15) is 0 Å². The molecule has 0 aromatic heterocycles. The second-order valence-electron chi connectivity index (χ2n) is 3.92. The van der Waals surface area contributed by atoms with Gasteiger partial charge in [-0.3, -0.25) is 0 Å². The van der Waals surface area contributed by atoms with E-state index in [-0.39, 0.29) is 0 Å². The maximum absolute atomic E-state index is 6.03. The standard InChI is InChI=1S/C11H15ClN2/c12-10-6-9(13)4-5-11(10)14-7-8-2-1-3-8/h4-6,8,14H,1-3,7,13H2. The molecule has 1 aromatic rings. The van der Waals surface area contributed by atoms with E-state index >= 15 is 0 Å². The SMILES string of the molecule is Nc1ccc(NCC2CCC2)c(Cl)c1. The van der Waals surface area contributed by atoms with Crippen LogP contribution in [0.3, 0.4) is 0 Å². The summed E-state index contributed by atoms with van der Waals surface area (Å²) in [6, 6.07) is 5.59. The number of nitrogen functional groups attached to an aromatic ring is 1. The molecule has 0 atom stereocenters. The van der Waals surface area contributed by atoms with E-state index in [1.54, 1.807) is 6.07 Å². The van der Waals surface area contributed by atoms with Gasteiger partial charge in [0, 0.05) is 12.2 Å². The molecule has 0 bridgehead atoms. The fourth-order valence-electron chi connectivity index (χ4n) is 1.63. The van der Waals surface area contributed by atoms with Gasteiger partial charge in [-0.2, -0.15) is 0 Å². The van der Waals surface area contributed by atoms with Crippen molar-refractivity contribution >= 4 is 23.0 Å². The Morgan fingerprint density at radius 1 is 1.43 bits per heavy atom. The van der Waals surface area contributed by atoms with E-state index in [9.17, 15) is 0 Å². The molecule has 0 unspecified atom stereocenters. The maximum Gasteiger partial charge on any atom is 0.0657 e. The molecule has 0 aliphatic heterocycles. The Morgan fingerprint density at radius 2 is 2.21 bits per heavy atom. The Morgan fingerprint density at radius 3 is 2.79 bits per heavy atom. The van der Waals surface area contributed by atoms with Crippen LogP contribution in [-0.2, 0) is 0 Å². The van der Waals surface area contributed by atoms with E-state index in [0.29, 0.717) is 10.7 Å². The molecule has 1 aliphatic carbocycles. The van der Waals surface area contributed by atoms with Crippen LogP contribution >= 0.6 is 11.6 Å². The third kappa shape index (κ3) is 2.13. The van der Waals surface area contributed by atoms with Crippen LogP contribution in [-0.4, -0.2) is 6.54 Å². The van der Waals surface area contributed by atoms with Gasteiger partial charge in [-0.1, -0.05) is 18.0 Å². The molecule has 3 N–H and O–H groups in total. The minimum absolute atomic E-state index is 0.712. The van der Waals surface area contributed by atoms with Crippen molar-refractivity contribution in [3.05, 3.63) is 23.2 Å². The lowest BCUT2D eigenvalue weighted by atomic mass is 9.85. The van der Waals surface area contributed by atoms with Gasteiger partial charge in [-0.15, -0.1) is 0 Å². The van der Waals surface area contributed by atoms with Crippen molar-refractivity contribution in [2.24, 2.45) is 5.92 Å². The smallest absolute Gasteiger partial charge is 0.0657 e. The topological polar surface area (TPSA) is 38.0 Å². The summed E-state index contributed by atoms with van der Waals surface area (Å²) in [6.07, 6.45) is 4.07. The van der Waals surface area contributed by atoms with Gasteiger partial charge < -0.3 is 11.1 Å². The minimum atomic E-state index is 0.712. The molecule has 0 radical (unpaired) electrons. The normalized spacial score (nSPS) is 16.4. The number of anilines is 2. The van der Waals surface area contributed by atoms with Crippen LogP contribution in [0.5, 0.6) is 0 Å². The van der Waals surface area contributed by atoms with Crippen molar-refractivity contribution in [2.45, 2.75) is 19.3 Å². The summed E-state index contributed by atoms with van der Waals surface area (Å²) >= 11 is 6.03. The number of rotatable bonds is 3. The quantitative estimate of drug-likeness (QED) is 0.753. The zero-order valence-corrected chi connectivity index (χ0v) is 8.85. The number of nitrogens with two attached hydrogens (primary N) is 1. The second-order valence-corrected chi connectivity index (χ2v) is 4.32. The Balaban J connectivity index is 1.94. The fourth-order valence-corrected chi connectivity index (χ4v) is 1.88. The zero-order chi connectivity index (χ0) is 9.97. The highest BCUT2D eigenvalue weighted by molar-refractivity contribution is 6.33. The fraction of sp³-hybridized carbons (Fsp3) is 0.455.